The minimum absolute atomic E-state index is 0.00642. The molecule has 0 atom stereocenters. The van der Waals surface area contributed by atoms with Gasteiger partial charge >= 0.3 is 0 Å². The summed E-state index contributed by atoms with van der Waals surface area (Å²) in [7, 11) is -4.23. The molecule has 0 aromatic heterocycles. The number of anilines is 2. The summed E-state index contributed by atoms with van der Waals surface area (Å²) in [5, 5.41) is 0. The van der Waals surface area contributed by atoms with Crippen LogP contribution in [0.1, 0.15) is 17.5 Å². The van der Waals surface area contributed by atoms with Gasteiger partial charge in [-0.05, 0) is 47.9 Å². The zero-order valence-electron chi connectivity index (χ0n) is 15.8. The van der Waals surface area contributed by atoms with Crippen LogP contribution in [0.5, 0.6) is 0 Å². The molecule has 0 unspecified atom stereocenters. The summed E-state index contributed by atoms with van der Waals surface area (Å²) < 4.78 is 54.4. The molecule has 0 spiro atoms. The number of nitrogens with zero attached hydrogens (tertiary/aromatic N) is 1. The third-order valence-corrected chi connectivity index (χ3v) is 6.31. The van der Waals surface area contributed by atoms with Crippen molar-refractivity contribution in [1.82, 2.24) is 0 Å². The van der Waals surface area contributed by atoms with E-state index in [0.717, 1.165) is 23.3 Å². The van der Waals surface area contributed by atoms with Crippen LogP contribution in [0.4, 0.5) is 20.2 Å². The van der Waals surface area contributed by atoms with E-state index in [1.807, 2.05) is 30.3 Å². The van der Waals surface area contributed by atoms with E-state index in [4.69, 9.17) is 0 Å². The fourth-order valence-electron chi connectivity index (χ4n) is 3.47. The highest BCUT2D eigenvalue weighted by Gasteiger charge is 2.26. The molecular weight excluding hydrogens is 410 g/mol. The minimum Gasteiger partial charge on any atom is -0.308 e. The Morgan fingerprint density at radius 2 is 1.70 bits per heavy atom. The van der Waals surface area contributed by atoms with Crippen LogP contribution >= 0.6 is 0 Å². The van der Waals surface area contributed by atoms with Crippen LogP contribution in [0.3, 0.4) is 0 Å². The molecule has 0 saturated carbocycles. The highest BCUT2D eigenvalue weighted by molar-refractivity contribution is 7.92. The van der Waals surface area contributed by atoms with Gasteiger partial charge in [0.1, 0.15) is 16.5 Å². The summed E-state index contributed by atoms with van der Waals surface area (Å²) >= 11 is 0. The van der Waals surface area contributed by atoms with Gasteiger partial charge in [0, 0.05) is 23.9 Å². The van der Waals surface area contributed by atoms with E-state index in [2.05, 4.69) is 4.72 Å². The maximum atomic E-state index is 13.9. The van der Waals surface area contributed by atoms with Gasteiger partial charge in [-0.15, -0.1) is 0 Å². The van der Waals surface area contributed by atoms with Crippen LogP contribution in [-0.2, 0) is 27.8 Å². The lowest BCUT2D eigenvalue weighted by atomic mass is 10.00. The lowest BCUT2D eigenvalue weighted by molar-refractivity contribution is -0.119. The first-order valence-electron chi connectivity index (χ1n) is 9.28. The second-order valence-corrected chi connectivity index (χ2v) is 8.64. The third kappa shape index (κ3) is 4.04. The zero-order chi connectivity index (χ0) is 21.3. The normalized spacial score (nSPS) is 13.8. The number of halogens is 2. The quantitative estimate of drug-likeness (QED) is 0.661. The molecule has 4 rings (SSSR count). The Kier molecular flexibility index (Phi) is 5.26. The van der Waals surface area contributed by atoms with Gasteiger partial charge < -0.3 is 4.90 Å². The predicted octanol–water partition coefficient (Wildman–Crippen LogP) is 4.25. The summed E-state index contributed by atoms with van der Waals surface area (Å²) in [5.74, 6) is -2.03. The lowest BCUT2D eigenvalue weighted by Gasteiger charge is -2.30. The molecule has 8 heteroatoms. The summed E-state index contributed by atoms with van der Waals surface area (Å²) in [6.45, 7) is 0.415. The first-order valence-corrected chi connectivity index (χ1v) is 10.8. The van der Waals surface area contributed by atoms with Crippen LogP contribution < -0.4 is 9.62 Å². The number of nitrogens with one attached hydrogen (secondary N) is 1. The average molecular weight is 428 g/mol. The molecule has 0 radical (unpaired) electrons. The predicted molar refractivity (Wildman–Crippen MR) is 110 cm³/mol. The molecule has 0 bridgehead atoms. The van der Waals surface area contributed by atoms with Crippen molar-refractivity contribution in [3.05, 3.63) is 89.5 Å². The molecule has 1 heterocycles. The lowest BCUT2D eigenvalue weighted by Crippen LogP contribution is -2.34. The summed E-state index contributed by atoms with van der Waals surface area (Å²) in [4.78, 5) is 13.5. The molecule has 0 aliphatic carbocycles. The highest BCUT2D eigenvalue weighted by atomic mass is 32.2. The first-order chi connectivity index (χ1) is 14.3. The molecule has 1 amide bonds. The largest absolute Gasteiger partial charge is 0.308 e. The number of sulfonamides is 1. The number of carbonyl (C=O) groups is 1. The Balaban J connectivity index is 1.61. The maximum absolute atomic E-state index is 13.9. The molecule has 30 heavy (non-hydrogen) atoms. The number of benzene rings is 3. The molecule has 3 aromatic rings. The average Bonchev–Trinajstić information content (AvgIpc) is 2.70. The molecule has 0 saturated heterocycles. The monoisotopic (exact) mass is 428 g/mol. The molecule has 154 valence electrons. The van der Waals surface area contributed by atoms with E-state index >= 15 is 0 Å². The van der Waals surface area contributed by atoms with Gasteiger partial charge in [-0.1, -0.05) is 30.3 Å². The minimum atomic E-state index is -4.23. The Bertz CT molecular complexity index is 1210. The summed E-state index contributed by atoms with van der Waals surface area (Å²) in [6, 6.07) is 16.7. The molecule has 0 fully saturated rings. The van der Waals surface area contributed by atoms with E-state index in [-0.39, 0.29) is 11.6 Å². The van der Waals surface area contributed by atoms with Gasteiger partial charge in [-0.3, -0.25) is 9.52 Å². The molecular formula is C22H18F2N2O3S. The molecule has 1 aliphatic heterocycles. The second kappa shape index (κ2) is 7.87. The van der Waals surface area contributed by atoms with Crippen LogP contribution in [0.25, 0.3) is 0 Å². The summed E-state index contributed by atoms with van der Waals surface area (Å²) in [5.41, 5.74) is 2.75. The standard InChI is InChI=1S/C22H18F2N2O3S/c23-17-7-10-21(19(24)13-17)30(28,29)25-18-8-9-20-16(12-18)6-11-22(27)26(20)14-15-4-2-1-3-5-15/h1-5,7-10,12-13,25H,6,11,14H2. The molecule has 1 aliphatic rings. The zero-order valence-corrected chi connectivity index (χ0v) is 16.6. The van der Waals surface area contributed by atoms with Gasteiger partial charge in [-0.2, -0.15) is 0 Å². The van der Waals surface area contributed by atoms with E-state index in [1.54, 1.807) is 17.0 Å². The molecule has 3 aromatic carbocycles. The first kappa shape index (κ1) is 20.0. The molecule has 5 nitrogen and oxygen atoms in total. The van der Waals surface area contributed by atoms with Gasteiger partial charge in [-0.25, -0.2) is 17.2 Å². The van der Waals surface area contributed by atoms with Gasteiger partial charge in [0.05, 0.1) is 6.54 Å². The number of hydrogen-bond acceptors (Lipinski definition) is 3. The van der Waals surface area contributed by atoms with Crippen LogP contribution in [0.15, 0.2) is 71.6 Å². The SMILES string of the molecule is O=C1CCc2cc(NS(=O)(=O)c3ccc(F)cc3F)ccc2N1Cc1ccccc1. The van der Waals surface area contributed by atoms with E-state index in [1.165, 1.54) is 6.07 Å². The van der Waals surface area contributed by atoms with Crippen LogP contribution in [0, 0.1) is 11.6 Å². The Hall–Kier alpha value is -3.26. The number of fused-ring (bicyclic) bond motifs is 1. The highest BCUT2D eigenvalue weighted by Crippen LogP contribution is 2.32. The van der Waals surface area contributed by atoms with Crippen molar-refractivity contribution in [2.75, 3.05) is 9.62 Å². The maximum Gasteiger partial charge on any atom is 0.264 e. The summed E-state index contributed by atoms with van der Waals surface area (Å²) in [6.07, 6.45) is 0.780. The van der Waals surface area contributed by atoms with Crippen molar-refractivity contribution >= 4 is 27.3 Å². The van der Waals surface area contributed by atoms with E-state index in [0.29, 0.717) is 31.1 Å². The number of aryl methyl sites for hydroxylation is 1. The number of hydrogen-bond donors (Lipinski definition) is 1. The van der Waals surface area contributed by atoms with Gasteiger partial charge in [0.2, 0.25) is 5.91 Å². The third-order valence-electron chi connectivity index (χ3n) is 4.90. The topological polar surface area (TPSA) is 66.5 Å². The van der Waals surface area contributed by atoms with Crippen molar-refractivity contribution in [3.8, 4) is 0 Å². The molecule has 1 N–H and O–H groups in total. The van der Waals surface area contributed by atoms with Crippen molar-refractivity contribution < 1.29 is 22.0 Å². The van der Waals surface area contributed by atoms with Crippen molar-refractivity contribution in [1.29, 1.82) is 0 Å². The number of rotatable bonds is 5. The van der Waals surface area contributed by atoms with Crippen molar-refractivity contribution in [2.45, 2.75) is 24.3 Å². The Morgan fingerprint density at radius 1 is 0.933 bits per heavy atom. The fraction of sp³-hybridized carbons (Fsp3) is 0.136. The van der Waals surface area contributed by atoms with Crippen molar-refractivity contribution in [3.63, 3.8) is 0 Å². The number of amides is 1. The Morgan fingerprint density at radius 3 is 2.43 bits per heavy atom. The van der Waals surface area contributed by atoms with Gasteiger partial charge in [0.15, 0.2) is 0 Å². The van der Waals surface area contributed by atoms with Gasteiger partial charge in [0.25, 0.3) is 10.0 Å². The Labute approximate surface area is 173 Å². The van der Waals surface area contributed by atoms with Crippen LogP contribution in [-0.4, -0.2) is 14.3 Å². The second-order valence-electron chi connectivity index (χ2n) is 6.99. The fourth-order valence-corrected chi connectivity index (χ4v) is 4.58. The van der Waals surface area contributed by atoms with Crippen molar-refractivity contribution in [2.24, 2.45) is 0 Å². The van der Waals surface area contributed by atoms with E-state index in [9.17, 15) is 22.0 Å². The van der Waals surface area contributed by atoms with Crippen LogP contribution in [0.2, 0.25) is 0 Å². The number of carbonyl (C=O) groups excluding carboxylic acids is 1. The van der Waals surface area contributed by atoms with E-state index < -0.39 is 26.6 Å². The smallest absolute Gasteiger partial charge is 0.264 e.